The number of piperidine rings is 1. The van der Waals surface area contributed by atoms with E-state index in [1.165, 1.54) is 18.2 Å². The molecule has 1 aliphatic heterocycles. The van der Waals surface area contributed by atoms with E-state index in [1.54, 1.807) is 13.2 Å². The zero-order chi connectivity index (χ0) is 23.4. The molecule has 33 heavy (non-hydrogen) atoms. The van der Waals surface area contributed by atoms with Crippen molar-refractivity contribution in [1.29, 1.82) is 0 Å². The summed E-state index contributed by atoms with van der Waals surface area (Å²) < 4.78 is 29.7. The maximum Gasteiger partial charge on any atom is 0.324 e. The number of aromatic nitrogens is 2. The molecule has 0 bridgehead atoms. The lowest BCUT2D eigenvalue weighted by Gasteiger charge is -2.29. The van der Waals surface area contributed by atoms with Crippen LogP contribution in [-0.2, 0) is 4.79 Å². The van der Waals surface area contributed by atoms with E-state index in [-0.39, 0.29) is 16.8 Å². The molecule has 1 saturated heterocycles. The highest BCUT2D eigenvalue weighted by Crippen LogP contribution is 2.32. The molecule has 174 valence electrons. The number of ether oxygens (including phenoxy) is 2. The van der Waals surface area contributed by atoms with Gasteiger partial charge in [0.15, 0.2) is 11.5 Å². The van der Waals surface area contributed by atoms with Gasteiger partial charge in [-0.2, -0.15) is 4.98 Å². The van der Waals surface area contributed by atoms with Crippen LogP contribution < -0.4 is 19.7 Å². The Hall–Kier alpha value is -3.33. The van der Waals surface area contributed by atoms with E-state index in [9.17, 15) is 9.18 Å². The van der Waals surface area contributed by atoms with Crippen molar-refractivity contribution in [3.05, 3.63) is 47.2 Å². The Morgan fingerprint density at radius 2 is 2.03 bits per heavy atom. The number of rotatable bonds is 7. The normalized spacial score (nSPS) is 14.2. The first-order valence-corrected chi connectivity index (χ1v) is 11.0. The lowest BCUT2D eigenvalue weighted by Crippen LogP contribution is -2.38. The van der Waals surface area contributed by atoms with Crippen LogP contribution in [0.5, 0.6) is 11.5 Å². The topological polar surface area (TPSA) is 89.7 Å². The zero-order valence-electron chi connectivity index (χ0n) is 18.3. The molecule has 1 aromatic heterocycles. The van der Waals surface area contributed by atoms with Crippen LogP contribution in [0.25, 0.3) is 11.4 Å². The maximum atomic E-state index is 13.3. The van der Waals surface area contributed by atoms with Crippen molar-refractivity contribution in [1.82, 2.24) is 10.1 Å². The molecule has 1 fully saturated rings. The molecule has 0 spiro atoms. The van der Waals surface area contributed by atoms with Crippen LogP contribution in [0.1, 0.15) is 19.8 Å². The second-order valence-corrected chi connectivity index (χ2v) is 7.99. The van der Waals surface area contributed by atoms with E-state index in [4.69, 9.17) is 25.6 Å². The van der Waals surface area contributed by atoms with Crippen LogP contribution in [0.2, 0.25) is 5.02 Å². The lowest BCUT2D eigenvalue weighted by atomic mass is 9.96. The van der Waals surface area contributed by atoms with Gasteiger partial charge in [0.05, 0.1) is 18.7 Å². The Kier molecular flexibility index (Phi) is 6.98. The van der Waals surface area contributed by atoms with Gasteiger partial charge in [-0.15, -0.1) is 0 Å². The van der Waals surface area contributed by atoms with Gasteiger partial charge < -0.3 is 24.2 Å². The lowest BCUT2D eigenvalue weighted by molar-refractivity contribution is -0.120. The third-order valence-electron chi connectivity index (χ3n) is 5.46. The summed E-state index contributed by atoms with van der Waals surface area (Å²) in [6.45, 7) is 3.63. The number of nitrogens with one attached hydrogen (secondary N) is 1. The molecule has 0 aliphatic carbocycles. The van der Waals surface area contributed by atoms with Crippen molar-refractivity contribution in [2.75, 3.05) is 37.0 Å². The van der Waals surface area contributed by atoms with Crippen molar-refractivity contribution >= 4 is 29.2 Å². The fourth-order valence-corrected chi connectivity index (χ4v) is 3.87. The minimum atomic E-state index is -0.523. The molecule has 0 atom stereocenters. The van der Waals surface area contributed by atoms with Crippen molar-refractivity contribution < 1.29 is 23.2 Å². The first-order chi connectivity index (χ1) is 16.0. The largest absolute Gasteiger partial charge is 0.493 e. The van der Waals surface area contributed by atoms with Gasteiger partial charge in [-0.05, 0) is 56.2 Å². The third-order valence-corrected chi connectivity index (χ3v) is 5.75. The Labute approximate surface area is 195 Å². The van der Waals surface area contributed by atoms with Gasteiger partial charge in [0.2, 0.25) is 11.7 Å². The number of carbonyl (C=O) groups is 1. The van der Waals surface area contributed by atoms with Crippen LogP contribution in [0.15, 0.2) is 40.9 Å². The van der Waals surface area contributed by atoms with Crippen molar-refractivity contribution in [2.45, 2.75) is 19.8 Å². The van der Waals surface area contributed by atoms with Crippen LogP contribution in [0, 0.1) is 11.7 Å². The van der Waals surface area contributed by atoms with Crippen LogP contribution in [0.3, 0.4) is 0 Å². The fourth-order valence-electron chi connectivity index (χ4n) is 3.69. The predicted octanol–water partition coefficient (Wildman–Crippen LogP) is 4.79. The summed E-state index contributed by atoms with van der Waals surface area (Å²) in [6.07, 6.45) is 1.24. The monoisotopic (exact) mass is 474 g/mol. The van der Waals surface area contributed by atoms with Gasteiger partial charge in [0, 0.05) is 30.3 Å². The molecule has 2 aromatic carbocycles. The Morgan fingerprint density at radius 1 is 1.24 bits per heavy atom. The van der Waals surface area contributed by atoms with E-state index in [1.807, 2.05) is 24.0 Å². The van der Waals surface area contributed by atoms with Crippen molar-refractivity contribution in [2.24, 2.45) is 5.92 Å². The highest BCUT2D eigenvalue weighted by Gasteiger charge is 2.28. The van der Waals surface area contributed by atoms with E-state index >= 15 is 0 Å². The SMILES string of the molecule is CCOc1ccc(-c2noc(N3CCC(C(=O)Nc4ccc(F)c(Cl)c4)CC3)n2)cc1OC. The number of carbonyl (C=O) groups excluding carboxylic acids is 1. The number of nitrogens with zero attached hydrogens (tertiary/aromatic N) is 3. The Morgan fingerprint density at radius 3 is 2.73 bits per heavy atom. The standard InChI is InChI=1S/C23H24ClFN4O4/c1-3-32-19-7-4-15(12-20(19)31-2)21-27-23(33-28-21)29-10-8-14(9-11-29)22(30)26-16-5-6-18(25)17(24)13-16/h4-7,12-14H,3,8-11H2,1-2H3,(H,26,30). The quantitative estimate of drug-likeness (QED) is 0.526. The van der Waals surface area contributed by atoms with Crippen molar-refractivity contribution in [3.8, 4) is 22.9 Å². The fraction of sp³-hybridized carbons (Fsp3) is 0.348. The summed E-state index contributed by atoms with van der Waals surface area (Å²) in [6, 6.07) is 9.99. The molecule has 2 heterocycles. The number of amides is 1. The van der Waals surface area contributed by atoms with E-state index in [0.29, 0.717) is 61.6 Å². The van der Waals surface area contributed by atoms with E-state index in [2.05, 4.69) is 15.5 Å². The second kappa shape index (κ2) is 10.1. The first kappa shape index (κ1) is 22.8. The number of methoxy groups -OCH3 is 1. The molecule has 1 N–H and O–H groups in total. The van der Waals surface area contributed by atoms with Gasteiger partial charge in [0.25, 0.3) is 0 Å². The molecule has 0 radical (unpaired) electrons. The third kappa shape index (κ3) is 5.19. The Bertz CT molecular complexity index is 1130. The van der Waals surface area contributed by atoms with Gasteiger partial charge >= 0.3 is 6.01 Å². The summed E-state index contributed by atoms with van der Waals surface area (Å²) in [5.41, 5.74) is 1.22. The molecule has 1 amide bonds. The number of hydrogen-bond acceptors (Lipinski definition) is 7. The molecule has 10 heteroatoms. The van der Waals surface area contributed by atoms with Crippen LogP contribution in [-0.4, -0.2) is 42.9 Å². The highest BCUT2D eigenvalue weighted by molar-refractivity contribution is 6.31. The van der Waals surface area contributed by atoms with Crippen LogP contribution in [0.4, 0.5) is 16.1 Å². The average molecular weight is 475 g/mol. The zero-order valence-corrected chi connectivity index (χ0v) is 19.1. The van der Waals surface area contributed by atoms with E-state index < -0.39 is 5.82 Å². The molecular formula is C23H24ClFN4O4. The number of benzene rings is 2. The minimum absolute atomic E-state index is 0.0278. The smallest absolute Gasteiger partial charge is 0.324 e. The van der Waals surface area contributed by atoms with Gasteiger partial charge in [0.1, 0.15) is 5.82 Å². The van der Waals surface area contributed by atoms with E-state index in [0.717, 1.165) is 5.56 Å². The summed E-state index contributed by atoms with van der Waals surface area (Å²) >= 11 is 5.79. The molecule has 8 nitrogen and oxygen atoms in total. The number of halogens is 2. The average Bonchev–Trinajstić information content (AvgIpc) is 3.32. The highest BCUT2D eigenvalue weighted by atomic mass is 35.5. The summed E-state index contributed by atoms with van der Waals surface area (Å²) in [7, 11) is 1.58. The number of hydrogen-bond donors (Lipinski definition) is 1. The summed E-state index contributed by atoms with van der Waals surface area (Å²) in [5, 5.41) is 6.87. The van der Waals surface area contributed by atoms with Crippen molar-refractivity contribution in [3.63, 3.8) is 0 Å². The minimum Gasteiger partial charge on any atom is -0.493 e. The molecule has 3 aromatic rings. The molecule has 1 aliphatic rings. The predicted molar refractivity (Wildman–Crippen MR) is 122 cm³/mol. The maximum absolute atomic E-state index is 13.3. The van der Waals surface area contributed by atoms with Crippen LogP contribution >= 0.6 is 11.6 Å². The number of anilines is 2. The molecular weight excluding hydrogens is 451 g/mol. The first-order valence-electron chi connectivity index (χ1n) is 10.6. The summed E-state index contributed by atoms with van der Waals surface area (Å²) in [4.78, 5) is 19.1. The van der Waals surface area contributed by atoms with Gasteiger partial charge in [-0.25, -0.2) is 4.39 Å². The van der Waals surface area contributed by atoms with Gasteiger partial charge in [-0.3, -0.25) is 4.79 Å². The molecule has 0 saturated carbocycles. The Balaban J connectivity index is 1.37. The molecule has 0 unspecified atom stereocenters. The summed E-state index contributed by atoms with van der Waals surface area (Å²) in [5.74, 6) is 0.864. The second-order valence-electron chi connectivity index (χ2n) is 7.58. The van der Waals surface area contributed by atoms with Gasteiger partial charge in [-0.1, -0.05) is 16.8 Å². The molecule has 4 rings (SSSR count).